The second-order valence-electron chi connectivity index (χ2n) is 4.16. The van der Waals surface area contributed by atoms with Crippen LogP contribution in [-0.4, -0.2) is 19.8 Å². The largest absolute Gasteiger partial charge is 0.383 e. The van der Waals surface area contributed by atoms with Gasteiger partial charge in [-0.15, -0.1) is 0 Å². The summed E-state index contributed by atoms with van der Waals surface area (Å²) in [5.74, 6) is 0. The van der Waals surface area contributed by atoms with Gasteiger partial charge in [-0.1, -0.05) is 29.8 Å². The van der Waals surface area contributed by atoms with Crippen LogP contribution in [0.25, 0.3) is 0 Å². The fourth-order valence-electron chi connectivity index (χ4n) is 1.76. The molecule has 0 spiro atoms. The van der Waals surface area contributed by atoms with Crippen molar-refractivity contribution in [3.05, 3.63) is 35.4 Å². The predicted molar refractivity (Wildman–Crippen MR) is 64.1 cm³/mol. The van der Waals surface area contributed by atoms with Crippen LogP contribution < -0.4 is 5.32 Å². The van der Waals surface area contributed by atoms with E-state index in [0.29, 0.717) is 12.1 Å². The molecule has 1 aromatic rings. The van der Waals surface area contributed by atoms with Gasteiger partial charge in [-0.3, -0.25) is 0 Å². The smallest absolute Gasteiger partial charge is 0.0613 e. The minimum absolute atomic E-state index is 0.370. The van der Waals surface area contributed by atoms with Crippen molar-refractivity contribution in [3.8, 4) is 0 Å². The highest BCUT2D eigenvalue weighted by Gasteiger charge is 2.08. The van der Waals surface area contributed by atoms with Crippen LogP contribution in [0.15, 0.2) is 24.3 Å². The number of benzene rings is 1. The zero-order valence-corrected chi connectivity index (χ0v) is 10.1. The number of hydrogen-bond donors (Lipinski definition) is 1. The van der Waals surface area contributed by atoms with Crippen molar-refractivity contribution >= 4 is 0 Å². The molecule has 2 atom stereocenters. The molecule has 0 aliphatic heterocycles. The fraction of sp³-hybridized carbons (Fsp3) is 0.538. The molecule has 15 heavy (non-hydrogen) atoms. The van der Waals surface area contributed by atoms with E-state index in [1.807, 2.05) is 0 Å². The van der Waals surface area contributed by atoms with E-state index in [0.717, 1.165) is 6.61 Å². The van der Waals surface area contributed by atoms with Crippen LogP contribution in [0.4, 0.5) is 0 Å². The average molecular weight is 207 g/mol. The molecule has 0 aliphatic rings. The number of aryl methyl sites for hydroxylation is 1. The summed E-state index contributed by atoms with van der Waals surface area (Å²) >= 11 is 0. The second-order valence-corrected chi connectivity index (χ2v) is 4.16. The van der Waals surface area contributed by atoms with Crippen LogP contribution in [0.3, 0.4) is 0 Å². The lowest BCUT2D eigenvalue weighted by atomic mass is 10.1. The first-order valence-electron chi connectivity index (χ1n) is 5.45. The third kappa shape index (κ3) is 4.02. The molecule has 0 radical (unpaired) electrons. The van der Waals surface area contributed by atoms with E-state index >= 15 is 0 Å². The topological polar surface area (TPSA) is 21.3 Å². The Hall–Kier alpha value is -0.860. The highest BCUT2D eigenvalue weighted by Crippen LogP contribution is 2.14. The zero-order valence-electron chi connectivity index (χ0n) is 10.1. The summed E-state index contributed by atoms with van der Waals surface area (Å²) in [6, 6.07) is 9.35. The molecule has 0 saturated carbocycles. The van der Waals surface area contributed by atoms with Crippen LogP contribution in [0, 0.1) is 6.92 Å². The monoisotopic (exact) mass is 207 g/mol. The maximum atomic E-state index is 5.10. The molecule has 1 aromatic carbocycles. The molecule has 0 heterocycles. The summed E-state index contributed by atoms with van der Waals surface area (Å²) in [5.41, 5.74) is 2.64. The van der Waals surface area contributed by atoms with Crippen molar-refractivity contribution in [2.75, 3.05) is 13.7 Å². The summed E-state index contributed by atoms with van der Waals surface area (Å²) in [7, 11) is 1.73. The van der Waals surface area contributed by atoms with E-state index in [4.69, 9.17) is 4.74 Å². The molecule has 0 bridgehead atoms. The SMILES string of the molecule is COCC(C)N[C@H](C)c1cccc(C)c1. The number of ether oxygens (including phenoxy) is 1. The van der Waals surface area contributed by atoms with Gasteiger partial charge in [0.15, 0.2) is 0 Å². The molecule has 1 N–H and O–H groups in total. The van der Waals surface area contributed by atoms with Crippen molar-refractivity contribution in [1.82, 2.24) is 5.32 Å². The molecular weight excluding hydrogens is 186 g/mol. The van der Waals surface area contributed by atoms with Crippen molar-refractivity contribution in [3.63, 3.8) is 0 Å². The van der Waals surface area contributed by atoms with Crippen LogP contribution in [-0.2, 0) is 4.74 Å². The van der Waals surface area contributed by atoms with E-state index in [9.17, 15) is 0 Å². The first kappa shape index (κ1) is 12.2. The van der Waals surface area contributed by atoms with Crippen LogP contribution in [0.5, 0.6) is 0 Å². The van der Waals surface area contributed by atoms with E-state index in [-0.39, 0.29) is 0 Å². The molecule has 0 aromatic heterocycles. The summed E-state index contributed by atoms with van der Waals surface area (Å²) in [6.45, 7) is 7.18. The van der Waals surface area contributed by atoms with Crippen molar-refractivity contribution in [2.45, 2.75) is 32.9 Å². The van der Waals surface area contributed by atoms with Gasteiger partial charge in [0.25, 0.3) is 0 Å². The molecule has 0 fully saturated rings. The van der Waals surface area contributed by atoms with E-state index in [1.54, 1.807) is 7.11 Å². The van der Waals surface area contributed by atoms with Gasteiger partial charge in [-0.25, -0.2) is 0 Å². The van der Waals surface area contributed by atoms with Crippen LogP contribution in [0.2, 0.25) is 0 Å². The number of rotatable bonds is 5. The molecule has 0 saturated heterocycles. The Labute approximate surface area is 92.6 Å². The minimum Gasteiger partial charge on any atom is -0.383 e. The number of methoxy groups -OCH3 is 1. The Bertz CT molecular complexity index is 298. The first-order valence-corrected chi connectivity index (χ1v) is 5.45. The highest BCUT2D eigenvalue weighted by atomic mass is 16.5. The van der Waals surface area contributed by atoms with Crippen molar-refractivity contribution in [1.29, 1.82) is 0 Å². The maximum Gasteiger partial charge on any atom is 0.0613 e. The molecule has 1 unspecified atom stereocenters. The van der Waals surface area contributed by atoms with Crippen molar-refractivity contribution in [2.24, 2.45) is 0 Å². The maximum absolute atomic E-state index is 5.10. The average Bonchev–Trinajstić information content (AvgIpc) is 2.18. The first-order chi connectivity index (χ1) is 7.13. The Morgan fingerprint density at radius 3 is 2.67 bits per heavy atom. The Morgan fingerprint density at radius 1 is 1.33 bits per heavy atom. The Kier molecular flexibility index (Phi) is 4.79. The molecule has 84 valence electrons. The summed E-state index contributed by atoms with van der Waals surface area (Å²) < 4.78 is 5.10. The predicted octanol–water partition coefficient (Wildman–Crippen LogP) is 2.68. The Morgan fingerprint density at radius 2 is 2.07 bits per heavy atom. The van der Waals surface area contributed by atoms with Gasteiger partial charge in [-0.2, -0.15) is 0 Å². The van der Waals surface area contributed by atoms with E-state index in [2.05, 4.69) is 50.4 Å². The number of nitrogens with one attached hydrogen (secondary N) is 1. The molecular formula is C13H21NO. The lowest BCUT2D eigenvalue weighted by Gasteiger charge is -2.20. The molecule has 2 heteroatoms. The van der Waals surface area contributed by atoms with Gasteiger partial charge in [0.1, 0.15) is 0 Å². The van der Waals surface area contributed by atoms with Crippen LogP contribution in [0.1, 0.15) is 31.0 Å². The normalized spacial score (nSPS) is 14.9. The molecule has 0 amide bonds. The number of hydrogen-bond acceptors (Lipinski definition) is 2. The van der Waals surface area contributed by atoms with Gasteiger partial charge in [-0.05, 0) is 26.3 Å². The van der Waals surface area contributed by atoms with Gasteiger partial charge >= 0.3 is 0 Å². The lowest BCUT2D eigenvalue weighted by molar-refractivity contribution is 0.167. The Balaban J connectivity index is 2.56. The second kappa shape index (κ2) is 5.89. The van der Waals surface area contributed by atoms with Gasteiger partial charge < -0.3 is 10.1 Å². The molecule has 2 nitrogen and oxygen atoms in total. The highest BCUT2D eigenvalue weighted by molar-refractivity contribution is 5.24. The van der Waals surface area contributed by atoms with Crippen LogP contribution >= 0.6 is 0 Å². The quantitative estimate of drug-likeness (QED) is 0.801. The van der Waals surface area contributed by atoms with E-state index in [1.165, 1.54) is 11.1 Å². The third-order valence-electron chi connectivity index (χ3n) is 2.49. The van der Waals surface area contributed by atoms with Gasteiger partial charge in [0.05, 0.1) is 6.61 Å². The molecule has 0 aliphatic carbocycles. The minimum atomic E-state index is 0.370. The van der Waals surface area contributed by atoms with E-state index < -0.39 is 0 Å². The standard InChI is InChI=1S/C13H21NO/c1-10-6-5-7-13(8-10)12(3)14-11(2)9-15-4/h5-8,11-12,14H,9H2,1-4H3/t11?,12-/m1/s1. The molecule has 1 rings (SSSR count). The summed E-state index contributed by atoms with van der Waals surface area (Å²) in [4.78, 5) is 0. The van der Waals surface area contributed by atoms with Gasteiger partial charge in [0, 0.05) is 19.2 Å². The third-order valence-corrected chi connectivity index (χ3v) is 2.49. The van der Waals surface area contributed by atoms with Crippen molar-refractivity contribution < 1.29 is 4.74 Å². The lowest BCUT2D eigenvalue weighted by Crippen LogP contribution is -2.32. The van der Waals surface area contributed by atoms with Gasteiger partial charge in [0.2, 0.25) is 0 Å². The summed E-state index contributed by atoms with van der Waals surface area (Å²) in [6.07, 6.45) is 0. The zero-order chi connectivity index (χ0) is 11.3. The summed E-state index contributed by atoms with van der Waals surface area (Å²) in [5, 5.41) is 3.50. The fourth-order valence-corrected chi connectivity index (χ4v) is 1.76.